The van der Waals surface area contributed by atoms with Crippen molar-refractivity contribution in [3.05, 3.63) is 24.3 Å². The number of ether oxygens (including phenoxy) is 1. The van der Waals surface area contributed by atoms with Crippen LogP contribution in [0.1, 0.15) is 12.8 Å². The zero-order chi connectivity index (χ0) is 13.7. The fourth-order valence-corrected chi connectivity index (χ4v) is 2.80. The van der Waals surface area contributed by atoms with Crippen LogP contribution in [-0.2, 0) is 0 Å². The molecule has 0 radical (unpaired) electrons. The Bertz CT molecular complexity index is 439. The Kier molecular flexibility index (Phi) is 5.30. The minimum Gasteiger partial charge on any atom is -0.495 e. The second-order valence-corrected chi connectivity index (χ2v) is 5.57. The van der Waals surface area contributed by atoms with E-state index in [1.807, 2.05) is 34.1 Å². The molecule has 2 amide bonds. The van der Waals surface area contributed by atoms with Crippen molar-refractivity contribution in [1.29, 1.82) is 0 Å². The van der Waals surface area contributed by atoms with Gasteiger partial charge in [-0.1, -0.05) is 34.7 Å². The van der Waals surface area contributed by atoms with Crippen LogP contribution in [0.5, 0.6) is 5.75 Å². The summed E-state index contributed by atoms with van der Waals surface area (Å²) in [5.74, 6) is 0.755. The van der Waals surface area contributed by atoms with Gasteiger partial charge in [0.05, 0.1) is 12.8 Å². The van der Waals surface area contributed by atoms with E-state index < -0.39 is 0 Å². The molecule has 0 N–H and O–H groups in total. The zero-order valence-corrected chi connectivity index (χ0v) is 13.3. The van der Waals surface area contributed by atoms with E-state index in [2.05, 4.69) is 22.6 Å². The lowest BCUT2D eigenvalue weighted by Crippen LogP contribution is -2.32. The van der Waals surface area contributed by atoms with Gasteiger partial charge in [-0.2, -0.15) is 0 Å². The maximum atomic E-state index is 12.4. The Morgan fingerprint density at radius 1 is 1.26 bits per heavy atom. The molecule has 0 atom stereocenters. The SMILES string of the molecule is COc1ccccc1N1CCN(CCCCI)C1=O. The molecular formula is C14H19IN2O2. The quantitative estimate of drug-likeness (QED) is 0.435. The van der Waals surface area contributed by atoms with Crippen molar-refractivity contribution >= 4 is 34.3 Å². The number of benzene rings is 1. The summed E-state index contributed by atoms with van der Waals surface area (Å²) in [6.07, 6.45) is 2.24. The molecular weight excluding hydrogens is 355 g/mol. The Morgan fingerprint density at radius 3 is 2.79 bits per heavy atom. The van der Waals surface area contributed by atoms with Gasteiger partial charge in [0.25, 0.3) is 0 Å². The lowest BCUT2D eigenvalue weighted by molar-refractivity contribution is 0.220. The van der Waals surface area contributed by atoms with E-state index in [1.54, 1.807) is 7.11 Å². The third kappa shape index (κ3) is 3.32. The molecule has 1 heterocycles. The predicted molar refractivity (Wildman–Crippen MR) is 85.4 cm³/mol. The molecule has 4 nitrogen and oxygen atoms in total. The smallest absolute Gasteiger partial charge is 0.324 e. The maximum Gasteiger partial charge on any atom is 0.324 e. The predicted octanol–water partition coefficient (Wildman–Crippen LogP) is 3.15. The van der Waals surface area contributed by atoms with E-state index in [0.29, 0.717) is 0 Å². The topological polar surface area (TPSA) is 32.8 Å². The van der Waals surface area contributed by atoms with Gasteiger partial charge >= 0.3 is 6.03 Å². The fourth-order valence-electron chi connectivity index (χ4n) is 2.26. The van der Waals surface area contributed by atoms with E-state index >= 15 is 0 Å². The summed E-state index contributed by atoms with van der Waals surface area (Å²) in [6, 6.07) is 7.77. The summed E-state index contributed by atoms with van der Waals surface area (Å²) in [5.41, 5.74) is 0.867. The van der Waals surface area contributed by atoms with E-state index in [4.69, 9.17) is 4.74 Å². The van der Waals surface area contributed by atoms with Crippen molar-refractivity contribution in [2.24, 2.45) is 0 Å². The summed E-state index contributed by atoms with van der Waals surface area (Å²) in [6.45, 7) is 2.40. The molecule has 1 aromatic carbocycles. The van der Waals surface area contributed by atoms with Crippen LogP contribution in [0.25, 0.3) is 0 Å². The Balaban J connectivity index is 2.04. The fraction of sp³-hybridized carbons (Fsp3) is 0.500. The number of rotatable bonds is 6. The number of carbonyl (C=O) groups excluding carboxylic acids is 1. The highest BCUT2D eigenvalue weighted by molar-refractivity contribution is 14.1. The van der Waals surface area contributed by atoms with Gasteiger partial charge in [0.15, 0.2) is 0 Å². The van der Waals surface area contributed by atoms with Gasteiger partial charge in [-0.05, 0) is 29.4 Å². The van der Waals surface area contributed by atoms with Crippen molar-refractivity contribution in [2.45, 2.75) is 12.8 Å². The standard InChI is InChI=1S/C14H19IN2O2/c1-19-13-7-3-2-6-12(13)17-11-10-16(14(17)18)9-5-4-8-15/h2-3,6-7H,4-5,8-11H2,1H3. The highest BCUT2D eigenvalue weighted by Gasteiger charge is 2.30. The zero-order valence-electron chi connectivity index (χ0n) is 11.1. The largest absolute Gasteiger partial charge is 0.495 e. The first-order chi connectivity index (χ1) is 9.27. The molecule has 1 saturated heterocycles. The van der Waals surface area contributed by atoms with Crippen LogP contribution >= 0.6 is 22.6 Å². The van der Waals surface area contributed by atoms with Gasteiger partial charge in [0.1, 0.15) is 5.75 Å². The second-order valence-electron chi connectivity index (χ2n) is 4.49. The maximum absolute atomic E-state index is 12.4. The van der Waals surface area contributed by atoms with Crippen molar-refractivity contribution in [3.8, 4) is 5.75 Å². The van der Waals surface area contributed by atoms with Crippen LogP contribution in [0.2, 0.25) is 0 Å². The summed E-state index contributed by atoms with van der Waals surface area (Å²) in [5, 5.41) is 0. The number of amides is 2. The Hall–Kier alpha value is -0.980. The molecule has 0 aromatic heterocycles. The summed E-state index contributed by atoms with van der Waals surface area (Å²) in [7, 11) is 1.64. The average Bonchev–Trinajstić information content (AvgIpc) is 2.80. The number of anilines is 1. The van der Waals surface area contributed by atoms with Gasteiger partial charge in [-0.3, -0.25) is 4.90 Å². The van der Waals surface area contributed by atoms with Crippen LogP contribution in [0.4, 0.5) is 10.5 Å². The van der Waals surface area contributed by atoms with Gasteiger partial charge in [-0.15, -0.1) is 0 Å². The molecule has 19 heavy (non-hydrogen) atoms. The van der Waals surface area contributed by atoms with Crippen LogP contribution in [0.3, 0.4) is 0 Å². The second kappa shape index (κ2) is 6.98. The first-order valence-corrected chi connectivity index (χ1v) is 8.06. The number of urea groups is 1. The molecule has 1 aromatic rings. The summed E-state index contributed by atoms with van der Waals surface area (Å²) < 4.78 is 6.48. The van der Waals surface area contributed by atoms with Gasteiger partial charge in [0, 0.05) is 19.6 Å². The van der Waals surface area contributed by atoms with Crippen molar-refractivity contribution in [2.75, 3.05) is 36.1 Å². The van der Waals surface area contributed by atoms with E-state index in [1.165, 1.54) is 6.42 Å². The molecule has 0 spiro atoms. The van der Waals surface area contributed by atoms with Gasteiger partial charge in [-0.25, -0.2) is 4.79 Å². The average molecular weight is 374 g/mol. The first kappa shape index (κ1) is 14.4. The van der Waals surface area contributed by atoms with Crippen LogP contribution < -0.4 is 9.64 Å². The number of nitrogens with zero attached hydrogens (tertiary/aromatic N) is 2. The minimum atomic E-state index is 0.0953. The number of halogens is 1. The summed E-state index contributed by atoms with van der Waals surface area (Å²) in [4.78, 5) is 16.1. The van der Waals surface area contributed by atoms with Crippen molar-refractivity contribution < 1.29 is 9.53 Å². The highest BCUT2D eigenvalue weighted by atomic mass is 127. The monoisotopic (exact) mass is 374 g/mol. The van der Waals surface area contributed by atoms with Gasteiger partial charge < -0.3 is 9.64 Å². The molecule has 2 rings (SSSR count). The van der Waals surface area contributed by atoms with E-state index in [0.717, 1.165) is 41.9 Å². The Morgan fingerprint density at radius 2 is 2.05 bits per heavy atom. The van der Waals surface area contributed by atoms with Crippen LogP contribution in [0.15, 0.2) is 24.3 Å². The molecule has 0 saturated carbocycles. The number of carbonyl (C=O) groups is 1. The molecule has 0 unspecified atom stereocenters. The minimum absolute atomic E-state index is 0.0953. The van der Waals surface area contributed by atoms with E-state index in [-0.39, 0.29) is 6.03 Å². The summed E-state index contributed by atoms with van der Waals surface area (Å²) >= 11 is 2.37. The lowest BCUT2D eigenvalue weighted by atomic mass is 10.2. The number of methoxy groups -OCH3 is 1. The number of unbranched alkanes of at least 4 members (excludes halogenated alkanes) is 1. The molecule has 1 aliphatic heterocycles. The molecule has 1 aliphatic rings. The van der Waals surface area contributed by atoms with Crippen molar-refractivity contribution in [3.63, 3.8) is 0 Å². The third-order valence-electron chi connectivity index (χ3n) is 3.28. The molecule has 104 valence electrons. The Labute approximate surface area is 127 Å². The number of hydrogen-bond donors (Lipinski definition) is 0. The first-order valence-electron chi connectivity index (χ1n) is 6.53. The van der Waals surface area contributed by atoms with Crippen LogP contribution in [0, 0.1) is 0 Å². The third-order valence-corrected chi connectivity index (χ3v) is 4.05. The highest BCUT2D eigenvalue weighted by Crippen LogP contribution is 2.30. The molecule has 0 aliphatic carbocycles. The van der Waals surface area contributed by atoms with E-state index in [9.17, 15) is 4.79 Å². The molecule has 0 bridgehead atoms. The van der Waals surface area contributed by atoms with Crippen molar-refractivity contribution in [1.82, 2.24) is 4.90 Å². The lowest BCUT2D eigenvalue weighted by Gasteiger charge is -2.20. The normalized spacial score (nSPS) is 15.2. The number of alkyl halides is 1. The molecule has 1 fully saturated rings. The number of para-hydroxylation sites is 2. The number of hydrogen-bond acceptors (Lipinski definition) is 2. The van der Waals surface area contributed by atoms with Gasteiger partial charge in [0.2, 0.25) is 0 Å². The van der Waals surface area contributed by atoms with Crippen LogP contribution in [-0.4, -0.2) is 42.1 Å². The molecule has 5 heteroatoms.